The van der Waals surface area contributed by atoms with Crippen molar-refractivity contribution in [2.24, 2.45) is 5.73 Å². The molecule has 2 aromatic rings. The summed E-state index contributed by atoms with van der Waals surface area (Å²) >= 11 is 0. The van der Waals surface area contributed by atoms with Crippen LogP contribution in [0.2, 0.25) is 0 Å². The third kappa shape index (κ3) is 3.13. The minimum Gasteiger partial charge on any atom is -0.387 e. The molecule has 1 aromatic carbocycles. The molecule has 3 N–H and O–H groups in total. The van der Waals surface area contributed by atoms with Crippen molar-refractivity contribution >= 4 is 5.91 Å². The topological polar surface area (TPSA) is 105 Å². The van der Waals surface area contributed by atoms with Gasteiger partial charge in [0.1, 0.15) is 11.6 Å². The fraction of sp³-hybridized carbons (Fsp3) is 0.400. The third-order valence-electron chi connectivity index (χ3n) is 4.05. The van der Waals surface area contributed by atoms with Crippen LogP contribution >= 0.6 is 0 Å². The van der Waals surface area contributed by atoms with Gasteiger partial charge in [-0.05, 0) is 31.5 Å². The summed E-state index contributed by atoms with van der Waals surface area (Å²) in [5.74, 6) is -2.43. The maximum Gasteiger partial charge on any atom is 0.290 e. The van der Waals surface area contributed by atoms with Gasteiger partial charge in [-0.3, -0.25) is 9.69 Å². The number of carbonyl (C=O) groups is 1. The van der Waals surface area contributed by atoms with E-state index in [1.165, 1.54) is 6.07 Å². The zero-order chi connectivity index (χ0) is 17.3. The smallest absolute Gasteiger partial charge is 0.290 e. The van der Waals surface area contributed by atoms with Gasteiger partial charge < -0.3 is 15.4 Å². The van der Waals surface area contributed by atoms with E-state index < -0.39 is 23.6 Å². The Hall–Kier alpha value is -2.39. The molecule has 0 bridgehead atoms. The van der Waals surface area contributed by atoms with Crippen molar-refractivity contribution < 1.29 is 23.2 Å². The molecule has 24 heavy (non-hydrogen) atoms. The number of aliphatic hydroxyl groups excluding tert-OH is 1. The lowest BCUT2D eigenvalue weighted by Crippen LogP contribution is -2.29. The van der Waals surface area contributed by atoms with Gasteiger partial charge in [-0.25, -0.2) is 8.78 Å². The van der Waals surface area contributed by atoms with E-state index in [1.807, 2.05) is 0 Å². The molecular weight excluding hydrogens is 322 g/mol. The van der Waals surface area contributed by atoms with Crippen LogP contribution in [-0.4, -0.2) is 39.1 Å². The van der Waals surface area contributed by atoms with E-state index >= 15 is 0 Å². The zero-order valence-electron chi connectivity index (χ0n) is 12.7. The highest BCUT2D eigenvalue weighted by molar-refractivity contribution is 5.88. The van der Waals surface area contributed by atoms with Gasteiger partial charge in [0.05, 0.1) is 17.7 Å². The van der Waals surface area contributed by atoms with Crippen LogP contribution in [0.4, 0.5) is 8.78 Å². The van der Waals surface area contributed by atoms with E-state index in [1.54, 1.807) is 4.90 Å². The van der Waals surface area contributed by atoms with Crippen LogP contribution in [0.3, 0.4) is 0 Å². The van der Waals surface area contributed by atoms with Crippen molar-refractivity contribution in [2.75, 3.05) is 13.1 Å². The number of nitrogens with two attached hydrogens (primary N) is 1. The van der Waals surface area contributed by atoms with Gasteiger partial charge in [0.2, 0.25) is 5.89 Å². The van der Waals surface area contributed by atoms with E-state index in [0.717, 1.165) is 18.6 Å². The van der Waals surface area contributed by atoms with E-state index in [-0.39, 0.29) is 29.9 Å². The summed E-state index contributed by atoms with van der Waals surface area (Å²) in [5, 5.41) is 13.7. The van der Waals surface area contributed by atoms with Crippen molar-refractivity contribution in [3.63, 3.8) is 0 Å². The molecule has 1 aromatic heterocycles. The quantitative estimate of drug-likeness (QED) is 0.852. The van der Waals surface area contributed by atoms with Gasteiger partial charge in [-0.1, -0.05) is 11.2 Å². The number of nitrogens with zero attached hydrogens (tertiary/aromatic N) is 3. The number of rotatable bonds is 5. The molecule has 2 heterocycles. The van der Waals surface area contributed by atoms with Gasteiger partial charge in [-0.2, -0.15) is 4.98 Å². The minimum atomic E-state index is -1.34. The minimum absolute atomic E-state index is 0.00317. The summed E-state index contributed by atoms with van der Waals surface area (Å²) in [6.07, 6.45) is 0.100. The van der Waals surface area contributed by atoms with Crippen LogP contribution in [0.15, 0.2) is 22.7 Å². The molecule has 0 aliphatic carbocycles. The summed E-state index contributed by atoms with van der Waals surface area (Å²) in [5.41, 5.74) is 4.72. The highest BCUT2D eigenvalue weighted by Crippen LogP contribution is 2.33. The maximum atomic E-state index is 13.8. The summed E-state index contributed by atoms with van der Waals surface area (Å²) in [6.45, 7) is 0.586. The Morgan fingerprint density at radius 2 is 2.17 bits per heavy atom. The monoisotopic (exact) mass is 338 g/mol. The van der Waals surface area contributed by atoms with Crippen LogP contribution in [0.5, 0.6) is 0 Å². The van der Waals surface area contributed by atoms with E-state index in [2.05, 4.69) is 10.1 Å². The Balaban J connectivity index is 1.77. The molecule has 1 saturated heterocycles. The fourth-order valence-electron chi connectivity index (χ4n) is 2.94. The Bertz CT molecular complexity index is 732. The van der Waals surface area contributed by atoms with Gasteiger partial charge in [-0.15, -0.1) is 0 Å². The largest absolute Gasteiger partial charge is 0.387 e. The average molecular weight is 338 g/mol. The summed E-state index contributed by atoms with van der Waals surface area (Å²) in [7, 11) is 0. The number of carbonyl (C=O) groups excluding carboxylic acids is 1. The molecule has 9 heteroatoms. The van der Waals surface area contributed by atoms with Crippen LogP contribution in [0.1, 0.15) is 47.1 Å². The molecule has 0 radical (unpaired) electrons. The summed E-state index contributed by atoms with van der Waals surface area (Å²) in [6, 6.07) is 3.10. The number of hydrogen-bond donors (Lipinski definition) is 2. The van der Waals surface area contributed by atoms with Crippen molar-refractivity contribution in [1.29, 1.82) is 0 Å². The SMILES string of the molecule is NC(=O)c1noc(C2CCCN2CC(O)c2c(F)cccc2F)n1. The lowest BCUT2D eigenvalue weighted by atomic mass is 10.1. The van der Waals surface area contributed by atoms with Gasteiger partial charge in [0.15, 0.2) is 0 Å². The predicted molar refractivity (Wildman–Crippen MR) is 77.7 cm³/mol. The number of halogens is 2. The van der Waals surface area contributed by atoms with Gasteiger partial charge in [0.25, 0.3) is 11.7 Å². The Kier molecular flexibility index (Phi) is 4.54. The second-order valence-electron chi connectivity index (χ2n) is 5.62. The molecule has 0 spiro atoms. The van der Waals surface area contributed by atoms with Crippen LogP contribution < -0.4 is 5.73 Å². The number of hydrogen-bond acceptors (Lipinski definition) is 6. The second kappa shape index (κ2) is 6.62. The first-order valence-corrected chi connectivity index (χ1v) is 7.46. The predicted octanol–water partition coefficient (Wildman–Crippen LogP) is 1.32. The van der Waals surface area contributed by atoms with Crippen molar-refractivity contribution in [3.05, 3.63) is 47.1 Å². The van der Waals surface area contributed by atoms with Crippen molar-refractivity contribution in [3.8, 4) is 0 Å². The first-order valence-electron chi connectivity index (χ1n) is 7.46. The summed E-state index contributed by atoms with van der Waals surface area (Å²) < 4.78 is 32.6. The number of aliphatic hydroxyl groups is 1. The number of β-amino-alcohol motifs (C(OH)–C–C–N with tert-alkyl or cyclic N) is 1. The Labute approximate surface area is 136 Å². The first kappa shape index (κ1) is 16.5. The van der Waals surface area contributed by atoms with E-state index in [0.29, 0.717) is 13.0 Å². The second-order valence-corrected chi connectivity index (χ2v) is 5.62. The molecule has 1 amide bonds. The zero-order valence-corrected chi connectivity index (χ0v) is 12.7. The molecule has 3 rings (SSSR count). The lowest BCUT2D eigenvalue weighted by molar-refractivity contribution is 0.0915. The molecule has 2 unspecified atom stereocenters. The first-order chi connectivity index (χ1) is 11.5. The standard InChI is InChI=1S/C15H16F2N4O3/c16-8-3-1-4-9(17)12(8)11(22)7-21-6-2-5-10(21)15-19-14(13(18)23)20-24-15/h1,3-4,10-11,22H,2,5-7H2,(H2,18,23). The molecule has 2 atom stereocenters. The highest BCUT2D eigenvalue weighted by atomic mass is 19.1. The number of likely N-dealkylation sites (tertiary alicyclic amines) is 1. The number of aromatic nitrogens is 2. The van der Waals surface area contributed by atoms with E-state index in [4.69, 9.17) is 10.3 Å². The normalized spacial score (nSPS) is 19.5. The molecule has 1 aliphatic rings. The molecule has 1 aliphatic heterocycles. The molecular formula is C15H16F2N4O3. The van der Waals surface area contributed by atoms with E-state index in [9.17, 15) is 18.7 Å². The number of primary amides is 1. The average Bonchev–Trinajstić information content (AvgIpc) is 3.15. The van der Waals surface area contributed by atoms with Crippen molar-refractivity contribution in [1.82, 2.24) is 15.0 Å². The fourth-order valence-corrected chi connectivity index (χ4v) is 2.94. The van der Waals surface area contributed by atoms with Crippen molar-refractivity contribution in [2.45, 2.75) is 25.0 Å². The Morgan fingerprint density at radius 1 is 1.46 bits per heavy atom. The number of amides is 1. The molecule has 0 saturated carbocycles. The lowest BCUT2D eigenvalue weighted by Gasteiger charge is -2.24. The molecule has 128 valence electrons. The van der Waals surface area contributed by atoms with Crippen LogP contribution in [0.25, 0.3) is 0 Å². The maximum absolute atomic E-state index is 13.8. The van der Waals surface area contributed by atoms with Gasteiger partial charge >= 0.3 is 0 Å². The van der Waals surface area contributed by atoms with Crippen LogP contribution in [-0.2, 0) is 0 Å². The molecule has 7 nitrogen and oxygen atoms in total. The Morgan fingerprint density at radius 3 is 2.79 bits per heavy atom. The third-order valence-corrected chi connectivity index (χ3v) is 4.05. The van der Waals surface area contributed by atoms with Crippen LogP contribution in [0, 0.1) is 11.6 Å². The number of benzene rings is 1. The molecule has 1 fully saturated rings. The van der Waals surface area contributed by atoms with Gasteiger partial charge in [0, 0.05) is 6.54 Å². The highest BCUT2D eigenvalue weighted by Gasteiger charge is 2.33. The summed E-state index contributed by atoms with van der Waals surface area (Å²) in [4.78, 5) is 16.8.